The van der Waals surface area contributed by atoms with Gasteiger partial charge < -0.3 is 5.32 Å². The average molecular weight is 159 g/mol. The van der Waals surface area contributed by atoms with Gasteiger partial charge in [0.25, 0.3) is 0 Å². The first kappa shape index (κ1) is 6.67. The largest absolute Gasteiger partial charge is 0.313 e. The molecule has 3 aliphatic rings. The normalized spacial score (nSPS) is 37.8. The molecule has 12 heavy (non-hydrogen) atoms. The Labute approximate surface area is 72.8 Å². The monoisotopic (exact) mass is 159 g/mol. The van der Waals surface area contributed by atoms with Crippen LogP contribution in [-0.4, -0.2) is 12.6 Å². The van der Waals surface area contributed by atoms with E-state index in [1.165, 1.54) is 24.9 Å². The van der Waals surface area contributed by atoms with Gasteiger partial charge in [-0.3, -0.25) is 0 Å². The van der Waals surface area contributed by atoms with Gasteiger partial charge in [0.05, 0.1) is 0 Å². The summed E-state index contributed by atoms with van der Waals surface area (Å²) in [5.74, 6) is 0. The molecule has 0 unspecified atom stereocenters. The zero-order valence-corrected chi connectivity index (χ0v) is 7.09. The van der Waals surface area contributed by atoms with Crippen LogP contribution in [0.25, 0.3) is 0 Å². The minimum atomic E-state index is 0.520. The Morgan fingerprint density at radius 3 is 2.50 bits per heavy atom. The highest BCUT2D eigenvalue weighted by Gasteiger charge is 2.50. The van der Waals surface area contributed by atoms with Gasteiger partial charge in [0.2, 0.25) is 0 Å². The van der Waals surface area contributed by atoms with Gasteiger partial charge in [-0.1, -0.05) is 30.3 Å². The Kier molecular flexibility index (Phi) is 1.17. The molecular weight excluding hydrogens is 146 g/mol. The fourth-order valence-corrected chi connectivity index (χ4v) is 2.64. The maximum atomic E-state index is 3.53. The summed E-state index contributed by atoms with van der Waals surface area (Å²) in [4.78, 5) is 0. The van der Waals surface area contributed by atoms with Gasteiger partial charge in [0.15, 0.2) is 0 Å². The molecule has 1 heteroatoms. The van der Waals surface area contributed by atoms with Crippen molar-refractivity contribution in [1.29, 1.82) is 0 Å². The lowest BCUT2D eigenvalue weighted by atomic mass is 9.66. The average Bonchev–Trinajstić information content (AvgIpc) is 2.63. The second kappa shape index (κ2) is 2.11. The molecule has 1 nitrogen and oxygen atoms in total. The first-order chi connectivity index (χ1) is 5.89. The Morgan fingerprint density at radius 1 is 1.17 bits per heavy atom. The fraction of sp³-hybridized carbons (Fsp3) is 0.455. The Morgan fingerprint density at radius 2 is 1.92 bits per heavy atom. The van der Waals surface area contributed by atoms with Gasteiger partial charge in [-0.05, 0) is 18.4 Å². The fourth-order valence-electron chi connectivity index (χ4n) is 2.64. The molecule has 2 heterocycles. The van der Waals surface area contributed by atoms with E-state index in [-0.39, 0.29) is 0 Å². The third kappa shape index (κ3) is 0.721. The maximum Gasteiger partial charge on any atom is 0.0107 e. The molecule has 0 amide bonds. The summed E-state index contributed by atoms with van der Waals surface area (Å²) in [6.45, 7) is 1.20. The summed E-state index contributed by atoms with van der Waals surface area (Å²) in [6, 6.07) is 11.8. The van der Waals surface area contributed by atoms with Gasteiger partial charge in [0, 0.05) is 18.0 Å². The van der Waals surface area contributed by atoms with Crippen LogP contribution in [0.15, 0.2) is 30.3 Å². The van der Waals surface area contributed by atoms with Crippen molar-refractivity contribution in [2.45, 2.75) is 24.3 Å². The SMILES string of the molecule is c1ccc(C23CNC(C2)C3)cc1. The van der Waals surface area contributed by atoms with Gasteiger partial charge in [0.1, 0.15) is 0 Å². The minimum Gasteiger partial charge on any atom is -0.313 e. The molecular formula is C11H13N. The topological polar surface area (TPSA) is 12.0 Å². The van der Waals surface area contributed by atoms with Crippen LogP contribution in [0.2, 0.25) is 0 Å². The van der Waals surface area contributed by atoms with E-state index in [1.807, 2.05) is 0 Å². The van der Waals surface area contributed by atoms with E-state index in [0.29, 0.717) is 5.41 Å². The second-order valence-electron chi connectivity index (χ2n) is 4.13. The minimum absolute atomic E-state index is 0.520. The molecule has 0 atom stereocenters. The zero-order chi connectivity index (χ0) is 8.02. The molecule has 4 rings (SSSR count). The predicted octanol–water partition coefficient (Wildman–Crippen LogP) is 1.69. The van der Waals surface area contributed by atoms with E-state index in [1.54, 1.807) is 0 Å². The van der Waals surface area contributed by atoms with Crippen LogP contribution in [0.4, 0.5) is 0 Å². The summed E-state index contributed by atoms with van der Waals surface area (Å²) in [5.41, 5.74) is 2.05. The highest BCUT2D eigenvalue weighted by molar-refractivity contribution is 5.33. The second-order valence-corrected chi connectivity index (χ2v) is 4.13. The van der Waals surface area contributed by atoms with Gasteiger partial charge in [-0.2, -0.15) is 0 Å². The van der Waals surface area contributed by atoms with Crippen LogP contribution in [0.5, 0.6) is 0 Å². The molecule has 1 aromatic carbocycles. The summed E-state index contributed by atoms with van der Waals surface area (Å²) in [5, 5.41) is 3.53. The summed E-state index contributed by atoms with van der Waals surface area (Å²) in [6.07, 6.45) is 2.72. The van der Waals surface area contributed by atoms with Crippen molar-refractivity contribution in [3.8, 4) is 0 Å². The van der Waals surface area contributed by atoms with Crippen LogP contribution in [0.3, 0.4) is 0 Å². The number of nitrogens with one attached hydrogen (secondary N) is 1. The molecule has 2 aliphatic heterocycles. The van der Waals surface area contributed by atoms with Gasteiger partial charge in [-0.25, -0.2) is 0 Å². The third-order valence-electron chi connectivity index (χ3n) is 3.39. The van der Waals surface area contributed by atoms with Crippen molar-refractivity contribution in [3.05, 3.63) is 35.9 Å². The van der Waals surface area contributed by atoms with Crippen molar-refractivity contribution in [2.24, 2.45) is 0 Å². The van der Waals surface area contributed by atoms with E-state index in [2.05, 4.69) is 35.6 Å². The Hall–Kier alpha value is -0.820. The van der Waals surface area contributed by atoms with Gasteiger partial charge >= 0.3 is 0 Å². The summed E-state index contributed by atoms with van der Waals surface area (Å²) in [7, 11) is 0. The van der Waals surface area contributed by atoms with Crippen molar-refractivity contribution >= 4 is 0 Å². The molecule has 2 bridgehead atoms. The van der Waals surface area contributed by atoms with Crippen LogP contribution >= 0.6 is 0 Å². The molecule has 1 saturated carbocycles. The third-order valence-corrected chi connectivity index (χ3v) is 3.39. The smallest absolute Gasteiger partial charge is 0.0107 e. The molecule has 0 radical (unpaired) electrons. The quantitative estimate of drug-likeness (QED) is 0.657. The van der Waals surface area contributed by atoms with Gasteiger partial charge in [-0.15, -0.1) is 0 Å². The number of benzene rings is 1. The lowest BCUT2D eigenvalue weighted by molar-refractivity contribution is 0.304. The first-order valence-corrected chi connectivity index (χ1v) is 4.68. The van der Waals surface area contributed by atoms with E-state index < -0.39 is 0 Å². The molecule has 1 aliphatic carbocycles. The molecule has 2 saturated heterocycles. The number of fused-ring (bicyclic) bond motifs is 1. The summed E-state index contributed by atoms with van der Waals surface area (Å²) < 4.78 is 0. The van der Waals surface area contributed by atoms with Crippen molar-refractivity contribution in [3.63, 3.8) is 0 Å². The molecule has 1 N–H and O–H groups in total. The van der Waals surface area contributed by atoms with Crippen molar-refractivity contribution in [2.75, 3.05) is 6.54 Å². The number of rotatable bonds is 1. The van der Waals surface area contributed by atoms with E-state index >= 15 is 0 Å². The Balaban J connectivity index is 1.99. The lowest BCUT2D eigenvalue weighted by Gasteiger charge is -2.37. The standard InChI is InChI=1S/C11H13N/c1-2-4-9(5-3-1)11-6-10(7-11)12-8-11/h1-5,10,12H,6-8H2. The number of hydrogen-bond donors (Lipinski definition) is 1. The molecule has 0 aromatic heterocycles. The van der Waals surface area contributed by atoms with Crippen molar-refractivity contribution < 1.29 is 0 Å². The lowest BCUT2D eigenvalue weighted by Crippen LogP contribution is -2.37. The molecule has 3 fully saturated rings. The van der Waals surface area contributed by atoms with Crippen LogP contribution in [0.1, 0.15) is 18.4 Å². The van der Waals surface area contributed by atoms with Crippen LogP contribution in [-0.2, 0) is 5.41 Å². The zero-order valence-electron chi connectivity index (χ0n) is 7.09. The maximum absolute atomic E-state index is 3.53. The van der Waals surface area contributed by atoms with E-state index in [4.69, 9.17) is 0 Å². The molecule has 62 valence electrons. The predicted molar refractivity (Wildman–Crippen MR) is 49.1 cm³/mol. The Bertz CT molecular complexity index is 280. The van der Waals surface area contributed by atoms with E-state index in [9.17, 15) is 0 Å². The molecule has 1 aromatic rings. The van der Waals surface area contributed by atoms with E-state index in [0.717, 1.165) is 6.04 Å². The highest BCUT2D eigenvalue weighted by atomic mass is 15.0. The van der Waals surface area contributed by atoms with Crippen LogP contribution in [0, 0.1) is 0 Å². The first-order valence-electron chi connectivity index (χ1n) is 4.68. The van der Waals surface area contributed by atoms with Crippen LogP contribution < -0.4 is 5.32 Å². The highest BCUT2D eigenvalue weighted by Crippen LogP contribution is 2.48. The van der Waals surface area contributed by atoms with Crippen molar-refractivity contribution in [1.82, 2.24) is 5.32 Å². The molecule has 0 spiro atoms. The summed E-state index contributed by atoms with van der Waals surface area (Å²) >= 11 is 0. The number of hydrogen-bond acceptors (Lipinski definition) is 1.